The zero-order chi connectivity index (χ0) is 12.9. The minimum Gasteiger partial charge on any atom is -0.356 e. The first-order chi connectivity index (χ1) is 7.89. The molecule has 3 heteroatoms. The van der Waals surface area contributed by atoms with Gasteiger partial charge in [-0.15, -0.1) is 0 Å². The minimum atomic E-state index is -0.264. The van der Waals surface area contributed by atoms with E-state index in [2.05, 4.69) is 17.1 Å². The van der Waals surface area contributed by atoms with Crippen LogP contribution >= 0.6 is 0 Å². The first-order valence-corrected chi connectivity index (χ1v) is 6.90. The lowest BCUT2D eigenvalue weighted by molar-refractivity contribution is -0.128. The Hall–Kier alpha value is -0.570. The summed E-state index contributed by atoms with van der Waals surface area (Å²) in [5.74, 6) is 0.998. The summed E-state index contributed by atoms with van der Waals surface area (Å²) < 4.78 is 0. The molecular formula is C14H28N2O. The van der Waals surface area contributed by atoms with Crippen LogP contribution in [0.1, 0.15) is 47.0 Å². The number of amides is 1. The van der Waals surface area contributed by atoms with E-state index in [-0.39, 0.29) is 11.3 Å². The molecule has 1 amide bonds. The molecule has 3 nitrogen and oxygen atoms in total. The molecule has 1 aliphatic heterocycles. The largest absolute Gasteiger partial charge is 0.356 e. The molecule has 0 aromatic heterocycles. The Kier molecular flexibility index (Phi) is 5.44. The number of hydrogen-bond donors (Lipinski definition) is 1. The van der Waals surface area contributed by atoms with Gasteiger partial charge >= 0.3 is 0 Å². The van der Waals surface area contributed by atoms with Gasteiger partial charge in [-0.1, -0.05) is 27.7 Å². The van der Waals surface area contributed by atoms with E-state index in [1.165, 1.54) is 25.9 Å². The van der Waals surface area contributed by atoms with Gasteiger partial charge in [0.1, 0.15) is 0 Å². The average Bonchev–Trinajstić information content (AvgIpc) is 2.23. The molecule has 1 atom stereocenters. The molecular weight excluding hydrogens is 212 g/mol. The molecule has 100 valence electrons. The molecule has 1 aliphatic rings. The van der Waals surface area contributed by atoms with Crippen LogP contribution < -0.4 is 5.32 Å². The summed E-state index contributed by atoms with van der Waals surface area (Å²) >= 11 is 0. The highest BCUT2D eigenvalue weighted by molar-refractivity contribution is 5.81. The Morgan fingerprint density at radius 3 is 2.71 bits per heavy atom. The third-order valence-electron chi connectivity index (χ3n) is 3.36. The van der Waals surface area contributed by atoms with E-state index in [1.807, 2.05) is 20.8 Å². The maximum Gasteiger partial charge on any atom is 0.225 e. The van der Waals surface area contributed by atoms with E-state index in [1.54, 1.807) is 0 Å². The third kappa shape index (κ3) is 5.53. The van der Waals surface area contributed by atoms with Crippen molar-refractivity contribution in [1.29, 1.82) is 0 Å². The number of carbonyl (C=O) groups excluding carboxylic acids is 1. The van der Waals surface area contributed by atoms with Gasteiger partial charge in [-0.2, -0.15) is 0 Å². The lowest BCUT2D eigenvalue weighted by atomic mass is 9.96. The number of nitrogens with one attached hydrogen (secondary N) is 1. The second-order valence-corrected chi connectivity index (χ2v) is 6.41. The molecule has 1 rings (SSSR count). The summed E-state index contributed by atoms with van der Waals surface area (Å²) in [5, 5.41) is 3.01. The van der Waals surface area contributed by atoms with Crippen LogP contribution in [0.15, 0.2) is 0 Å². The number of hydrogen-bond acceptors (Lipinski definition) is 2. The molecule has 0 spiro atoms. The van der Waals surface area contributed by atoms with Gasteiger partial charge in [0, 0.05) is 18.5 Å². The maximum atomic E-state index is 11.6. The predicted octanol–water partition coefficient (Wildman–Crippen LogP) is 2.27. The Bertz CT molecular complexity index is 245. The first-order valence-electron chi connectivity index (χ1n) is 6.90. The highest BCUT2D eigenvalue weighted by Crippen LogP contribution is 2.15. The van der Waals surface area contributed by atoms with Crippen LogP contribution in [0.5, 0.6) is 0 Å². The standard InChI is InChI=1S/C14H28N2O/c1-12-7-5-9-16(11-12)10-6-8-15-13(17)14(2,3)4/h12H,5-11H2,1-4H3,(H,15,17)/t12-/m0/s1. The van der Waals surface area contributed by atoms with Crippen molar-refractivity contribution in [1.82, 2.24) is 10.2 Å². The quantitative estimate of drug-likeness (QED) is 0.765. The molecule has 0 aliphatic carbocycles. The predicted molar refractivity (Wildman–Crippen MR) is 71.9 cm³/mol. The summed E-state index contributed by atoms with van der Waals surface area (Å²) in [4.78, 5) is 14.2. The topological polar surface area (TPSA) is 32.3 Å². The van der Waals surface area contributed by atoms with E-state index in [0.29, 0.717) is 0 Å². The number of rotatable bonds is 4. The lowest BCUT2D eigenvalue weighted by Crippen LogP contribution is -2.38. The number of nitrogens with zero attached hydrogens (tertiary/aromatic N) is 1. The van der Waals surface area contributed by atoms with Crippen LogP contribution in [0.4, 0.5) is 0 Å². The van der Waals surface area contributed by atoms with E-state index >= 15 is 0 Å². The molecule has 0 saturated carbocycles. The second-order valence-electron chi connectivity index (χ2n) is 6.41. The molecule has 17 heavy (non-hydrogen) atoms. The minimum absolute atomic E-state index is 0.157. The Morgan fingerprint density at radius 1 is 1.41 bits per heavy atom. The molecule has 0 bridgehead atoms. The van der Waals surface area contributed by atoms with Crippen LogP contribution in [0.3, 0.4) is 0 Å². The van der Waals surface area contributed by atoms with Gasteiger partial charge in [-0.05, 0) is 38.3 Å². The van der Waals surface area contributed by atoms with E-state index < -0.39 is 0 Å². The van der Waals surface area contributed by atoms with Crippen LogP contribution in [0.25, 0.3) is 0 Å². The van der Waals surface area contributed by atoms with Crippen molar-refractivity contribution in [3.63, 3.8) is 0 Å². The van der Waals surface area contributed by atoms with Crippen molar-refractivity contribution >= 4 is 5.91 Å². The fraction of sp³-hybridized carbons (Fsp3) is 0.929. The molecule has 0 radical (unpaired) electrons. The Labute approximate surface area is 106 Å². The second kappa shape index (κ2) is 6.39. The van der Waals surface area contributed by atoms with Crippen molar-refractivity contribution in [3.05, 3.63) is 0 Å². The number of carbonyl (C=O) groups is 1. The number of likely N-dealkylation sites (tertiary alicyclic amines) is 1. The molecule has 1 heterocycles. The Morgan fingerprint density at radius 2 is 2.12 bits per heavy atom. The van der Waals surface area contributed by atoms with E-state index in [9.17, 15) is 4.79 Å². The van der Waals surface area contributed by atoms with Gasteiger partial charge in [-0.3, -0.25) is 4.79 Å². The normalized spacial score (nSPS) is 22.5. The number of piperidine rings is 1. The third-order valence-corrected chi connectivity index (χ3v) is 3.36. The van der Waals surface area contributed by atoms with Crippen molar-refractivity contribution in [3.8, 4) is 0 Å². The molecule has 1 N–H and O–H groups in total. The van der Waals surface area contributed by atoms with Gasteiger partial charge < -0.3 is 10.2 Å². The molecule has 0 unspecified atom stereocenters. The summed E-state index contributed by atoms with van der Waals surface area (Å²) in [6.07, 6.45) is 3.77. The molecule has 0 aromatic rings. The lowest BCUT2D eigenvalue weighted by Gasteiger charge is -2.30. The van der Waals surface area contributed by atoms with E-state index in [4.69, 9.17) is 0 Å². The van der Waals surface area contributed by atoms with Gasteiger partial charge in [0.05, 0.1) is 0 Å². The highest BCUT2D eigenvalue weighted by Gasteiger charge is 2.20. The Balaban J connectivity index is 2.10. The summed E-state index contributed by atoms with van der Waals surface area (Å²) in [6.45, 7) is 12.6. The maximum absolute atomic E-state index is 11.6. The van der Waals surface area contributed by atoms with Gasteiger partial charge in [0.15, 0.2) is 0 Å². The van der Waals surface area contributed by atoms with Crippen LogP contribution in [-0.2, 0) is 4.79 Å². The molecule has 0 aromatic carbocycles. The van der Waals surface area contributed by atoms with E-state index in [0.717, 1.165) is 25.4 Å². The van der Waals surface area contributed by atoms with Crippen molar-refractivity contribution < 1.29 is 4.79 Å². The van der Waals surface area contributed by atoms with Gasteiger partial charge in [0.25, 0.3) is 0 Å². The zero-order valence-electron chi connectivity index (χ0n) is 11.9. The van der Waals surface area contributed by atoms with Gasteiger partial charge in [0.2, 0.25) is 5.91 Å². The monoisotopic (exact) mass is 240 g/mol. The van der Waals surface area contributed by atoms with Crippen LogP contribution in [0, 0.1) is 11.3 Å². The zero-order valence-corrected chi connectivity index (χ0v) is 11.9. The summed E-state index contributed by atoms with van der Waals surface area (Å²) in [7, 11) is 0. The van der Waals surface area contributed by atoms with Crippen molar-refractivity contribution in [2.75, 3.05) is 26.2 Å². The first kappa shape index (κ1) is 14.5. The fourth-order valence-corrected chi connectivity index (χ4v) is 2.26. The van der Waals surface area contributed by atoms with Crippen LogP contribution in [0.2, 0.25) is 0 Å². The summed E-state index contributed by atoms with van der Waals surface area (Å²) in [6, 6.07) is 0. The van der Waals surface area contributed by atoms with Crippen molar-refractivity contribution in [2.24, 2.45) is 11.3 Å². The van der Waals surface area contributed by atoms with Crippen molar-refractivity contribution in [2.45, 2.75) is 47.0 Å². The average molecular weight is 240 g/mol. The fourth-order valence-electron chi connectivity index (χ4n) is 2.26. The molecule has 1 saturated heterocycles. The SMILES string of the molecule is C[C@H]1CCCN(CCCNC(=O)C(C)(C)C)C1. The van der Waals surface area contributed by atoms with Crippen LogP contribution in [-0.4, -0.2) is 37.0 Å². The summed E-state index contributed by atoms with van der Waals surface area (Å²) in [5.41, 5.74) is -0.264. The highest BCUT2D eigenvalue weighted by atomic mass is 16.2. The smallest absolute Gasteiger partial charge is 0.225 e. The molecule has 1 fully saturated rings. The van der Waals surface area contributed by atoms with Gasteiger partial charge in [-0.25, -0.2) is 0 Å².